The molecule has 1 saturated carbocycles. The van der Waals surface area contributed by atoms with Crippen molar-refractivity contribution in [2.45, 2.75) is 44.6 Å². The monoisotopic (exact) mass is 258 g/mol. The number of hydrogen-bond donors (Lipinski definition) is 2. The fraction of sp³-hybridized carbons (Fsp3) is 0.500. The van der Waals surface area contributed by atoms with Crippen LogP contribution in [-0.4, -0.2) is 0 Å². The van der Waals surface area contributed by atoms with Gasteiger partial charge in [0.2, 0.25) is 0 Å². The van der Waals surface area contributed by atoms with Crippen LogP contribution >= 0.6 is 0 Å². The molecule has 1 aliphatic rings. The van der Waals surface area contributed by atoms with Crippen molar-refractivity contribution in [3.63, 3.8) is 0 Å². The van der Waals surface area contributed by atoms with Gasteiger partial charge in [-0.1, -0.05) is 43.9 Å². The zero-order valence-electron chi connectivity index (χ0n) is 11.3. The lowest BCUT2D eigenvalue weighted by Crippen LogP contribution is -2.33. The molecule has 0 bridgehead atoms. The molecule has 3 heteroatoms. The minimum atomic E-state index is 0.144. The first-order chi connectivity index (χ1) is 9.38. The number of para-hydroxylation sites is 1. The van der Waals surface area contributed by atoms with E-state index in [-0.39, 0.29) is 6.04 Å². The summed E-state index contributed by atoms with van der Waals surface area (Å²) in [4.78, 5) is 0. The summed E-state index contributed by atoms with van der Waals surface area (Å²) in [5.41, 5.74) is 3.93. The predicted molar refractivity (Wildman–Crippen MR) is 77.5 cm³/mol. The second-order valence-electron chi connectivity index (χ2n) is 5.58. The maximum Gasteiger partial charge on any atom is 0.134 e. The molecule has 1 unspecified atom stereocenters. The first-order valence-corrected chi connectivity index (χ1v) is 7.33. The maximum absolute atomic E-state index is 5.97. The van der Waals surface area contributed by atoms with Crippen molar-refractivity contribution in [1.29, 1.82) is 0 Å². The summed E-state index contributed by atoms with van der Waals surface area (Å²) >= 11 is 0. The van der Waals surface area contributed by atoms with Crippen molar-refractivity contribution in [3.05, 3.63) is 36.1 Å². The van der Waals surface area contributed by atoms with E-state index in [2.05, 4.69) is 17.6 Å². The average Bonchev–Trinajstić information content (AvgIpc) is 2.67. The van der Waals surface area contributed by atoms with E-state index >= 15 is 0 Å². The minimum absolute atomic E-state index is 0.144. The number of hydrogen-bond acceptors (Lipinski definition) is 3. The average molecular weight is 258 g/mol. The van der Waals surface area contributed by atoms with Crippen molar-refractivity contribution < 1.29 is 4.42 Å². The zero-order valence-corrected chi connectivity index (χ0v) is 11.3. The van der Waals surface area contributed by atoms with E-state index in [4.69, 9.17) is 10.3 Å². The largest absolute Gasteiger partial charge is 0.459 e. The summed E-state index contributed by atoms with van der Waals surface area (Å²) in [5.74, 6) is 7.37. The van der Waals surface area contributed by atoms with Crippen LogP contribution in [0, 0.1) is 5.92 Å². The molecule has 1 atom stereocenters. The van der Waals surface area contributed by atoms with Crippen LogP contribution in [0.15, 0.2) is 34.7 Å². The van der Waals surface area contributed by atoms with Crippen LogP contribution in [0.25, 0.3) is 11.0 Å². The van der Waals surface area contributed by atoms with Gasteiger partial charge in [0.15, 0.2) is 0 Å². The second-order valence-corrected chi connectivity index (χ2v) is 5.58. The number of hydrazine groups is 1. The molecular weight excluding hydrogens is 236 g/mol. The SMILES string of the molecule is NNC(c1cc2ccccc2o1)C1CCCCCC1. The summed E-state index contributed by atoms with van der Waals surface area (Å²) in [6, 6.07) is 10.4. The molecule has 1 heterocycles. The first kappa shape index (κ1) is 12.7. The van der Waals surface area contributed by atoms with Crippen molar-refractivity contribution in [1.82, 2.24) is 5.43 Å². The Balaban J connectivity index is 1.87. The molecular formula is C16H22N2O. The van der Waals surface area contributed by atoms with Gasteiger partial charge in [-0.05, 0) is 30.9 Å². The lowest BCUT2D eigenvalue weighted by atomic mass is 9.90. The molecule has 1 aromatic carbocycles. The lowest BCUT2D eigenvalue weighted by Gasteiger charge is -2.23. The van der Waals surface area contributed by atoms with Crippen molar-refractivity contribution >= 4 is 11.0 Å². The van der Waals surface area contributed by atoms with E-state index in [1.165, 1.54) is 38.5 Å². The summed E-state index contributed by atoms with van der Waals surface area (Å²) in [6.07, 6.45) is 7.81. The summed E-state index contributed by atoms with van der Waals surface area (Å²) in [6.45, 7) is 0. The third-order valence-electron chi connectivity index (χ3n) is 4.30. The molecule has 2 aromatic rings. The van der Waals surface area contributed by atoms with Gasteiger partial charge in [-0.3, -0.25) is 5.84 Å². The van der Waals surface area contributed by atoms with Crippen molar-refractivity contribution in [2.24, 2.45) is 11.8 Å². The van der Waals surface area contributed by atoms with Gasteiger partial charge in [-0.2, -0.15) is 0 Å². The van der Waals surface area contributed by atoms with Crippen LogP contribution in [-0.2, 0) is 0 Å². The zero-order chi connectivity index (χ0) is 13.1. The Labute approximate surface area is 114 Å². The Morgan fingerprint density at radius 1 is 1.11 bits per heavy atom. The topological polar surface area (TPSA) is 51.2 Å². The molecule has 102 valence electrons. The number of nitrogens with one attached hydrogen (secondary N) is 1. The van der Waals surface area contributed by atoms with Gasteiger partial charge in [-0.15, -0.1) is 0 Å². The Bertz CT molecular complexity index is 493. The molecule has 1 aromatic heterocycles. The molecule has 0 spiro atoms. The van der Waals surface area contributed by atoms with Crippen molar-refractivity contribution in [2.75, 3.05) is 0 Å². The van der Waals surface area contributed by atoms with E-state index in [1.807, 2.05) is 18.2 Å². The highest BCUT2D eigenvalue weighted by molar-refractivity contribution is 5.77. The van der Waals surface area contributed by atoms with Crippen LogP contribution in [0.4, 0.5) is 0 Å². The van der Waals surface area contributed by atoms with E-state index in [1.54, 1.807) is 0 Å². The van der Waals surface area contributed by atoms with Gasteiger partial charge in [0.05, 0.1) is 6.04 Å². The fourth-order valence-electron chi connectivity index (χ4n) is 3.25. The van der Waals surface area contributed by atoms with Gasteiger partial charge in [0, 0.05) is 5.39 Å². The molecule has 1 fully saturated rings. The van der Waals surface area contributed by atoms with Gasteiger partial charge < -0.3 is 4.42 Å². The van der Waals surface area contributed by atoms with Crippen molar-refractivity contribution in [3.8, 4) is 0 Å². The Morgan fingerprint density at radius 2 is 1.84 bits per heavy atom. The third kappa shape index (κ3) is 2.67. The molecule has 0 amide bonds. The Hall–Kier alpha value is -1.32. The molecule has 0 radical (unpaired) electrons. The van der Waals surface area contributed by atoms with Crippen LogP contribution in [0.5, 0.6) is 0 Å². The third-order valence-corrected chi connectivity index (χ3v) is 4.30. The van der Waals surface area contributed by atoms with Gasteiger partial charge in [0.25, 0.3) is 0 Å². The molecule has 0 saturated heterocycles. The van der Waals surface area contributed by atoms with E-state index in [0.717, 1.165) is 16.7 Å². The van der Waals surface area contributed by atoms with E-state index in [0.29, 0.717) is 5.92 Å². The molecule has 19 heavy (non-hydrogen) atoms. The molecule has 1 aliphatic carbocycles. The first-order valence-electron chi connectivity index (χ1n) is 7.33. The fourth-order valence-corrected chi connectivity index (χ4v) is 3.25. The number of furan rings is 1. The summed E-state index contributed by atoms with van der Waals surface area (Å²) in [5, 5.41) is 1.16. The van der Waals surface area contributed by atoms with E-state index in [9.17, 15) is 0 Å². The highest BCUT2D eigenvalue weighted by Crippen LogP contribution is 2.35. The van der Waals surface area contributed by atoms with E-state index < -0.39 is 0 Å². The standard InChI is InChI=1S/C16H22N2O/c17-18-16(12-7-3-1-2-4-8-12)15-11-13-9-5-6-10-14(13)19-15/h5-6,9-12,16,18H,1-4,7-8,17H2. The Kier molecular flexibility index (Phi) is 3.85. The highest BCUT2D eigenvalue weighted by Gasteiger charge is 2.26. The molecule has 0 aliphatic heterocycles. The van der Waals surface area contributed by atoms with Crippen LogP contribution in [0.2, 0.25) is 0 Å². The van der Waals surface area contributed by atoms with Gasteiger partial charge in [-0.25, -0.2) is 5.43 Å². The van der Waals surface area contributed by atoms with Crippen LogP contribution in [0.3, 0.4) is 0 Å². The smallest absolute Gasteiger partial charge is 0.134 e. The quantitative estimate of drug-likeness (QED) is 0.498. The highest BCUT2D eigenvalue weighted by atomic mass is 16.3. The maximum atomic E-state index is 5.97. The number of benzene rings is 1. The Morgan fingerprint density at radius 3 is 2.53 bits per heavy atom. The molecule has 3 nitrogen and oxygen atoms in total. The number of fused-ring (bicyclic) bond motifs is 1. The molecule has 3 rings (SSSR count). The lowest BCUT2D eigenvalue weighted by molar-refractivity contribution is 0.291. The van der Waals surface area contributed by atoms with Crippen LogP contribution in [0.1, 0.15) is 50.3 Å². The number of nitrogens with two attached hydrogens (primary N) is 1. The molecule has 3 N–H and O–H groups in total. The minimum Gasteiger partial charge on any atom is -0.459 e. The predicted octanol–water partition coefficient (Wildman–Crippen LogP) is 3.91. The number of rotatable bonds is 3. The summed E-state index contributed by atoms with van der Waals surface area (Å²) < 4.78 is 5.97. The van der Waals surface area contributed by atoms with Crippen LogP contribution < -0.4 is 11.3 Å². The van der Waals surface area contributed by atoms with Gasteiger partial charge >= 0.3 is 0 Å². The summed E-state index contributed by atoms with van der Waals surface area (Å²) in [7, 11) is 0. The second kappa shape index (κ2) is 5.76. The van der Waals surface area contributed by atoms with Gasteiger partial charge in [0.1, 0.15) is 11.3 Å². The normalized spacial score (nSPS) is 19.4.